The normalized spacial score (nSPS) is 16.8. The first kappa shape index (κ1) is 12.6. The molecule has 1 fully saturated rings. The maximum Gasteiger partial charge on any atom is 0.208 e. The second-order valence-corrected chi connectivity index (χ2v) is 5.13. The molecule has 1 aromatic carbocycles. The maximum absolute atomic E-state index is 14.2. The van der Waals surface area contributed by atoms with Crippen molar-refractivity contribution in [2.75, 3.05) is 20.8 Å². The molecule has 0 unspecified atom stereocenters. The van der Waals surface area contributed by atoms with Crippen LogP contribution in [0, 0.1) is 5.82 Å². The summed E-state index contributed by atoms with van der Waals surface area (Å²) in [6.07, 6.45) is 1.94. The van der Waals surface area contributed by atoms with Gasteiger partial charge in [-0.05, 0) is 34.8 Å². The molecule has 94 valence electrons. The lowest BCUT2D eigenvalue weighted by Gasteiger charge is -2.19. The van der Waals surface area contributed by atoms with Gasteiger partial charge in [-0.3, -0.25) is 0 Å². The van der Waals surface area contributed by atoms with E-state index in [-0.39, 0.29) is 16.9 Å². The monoisotopic (exact) mass is 303 g/mol. The topological polar surface area (TPSA) is 44.5 Å². The summed E-state index contributed by atoms with van der Waals surface area (Å²) >= 11 is 3.31. The van der Waals surface area contributed by atoms with E-state index in [1.807, 2.05) is 6.07 Å². The van der Waals surface area contributed by atoms with Gasteiger partial charge in [-0.2, -0.15) is 4.39 Å². The predicted octanol–water partition coefficient (Wildman–Crippen LogP) is 2.60. The molecule has 0 heterocycles. The first-order valence-electron chi connectivity index (χ1n) is 5.40. The summed E-state index contributed by atoms with van der Waals surface area (Å²) in [5.74, 6) is -0.0643. The van der Waals surface area contributed by atoms with Crippen LogP contribution < -0.4 is 15.2 Å². The highest BCUT2D eigenvalue weighted by atomic mass is 79.9. The van der Waals surface area contributed by atoms with Gasteiger partial charge >= 0.3 is 0 Å². The minimum atomic E-state index is -0.473. The zero-order chi connectivity index (χ0) is 12.6. The van der Waals surface area contributed by atoms with Gasteiger partial charge in [0.25, 0.3) is 0 Å². The molecule has 0 aromatic heterocycles. The molecule has 5 heteroatoms. The van der Waals surface area contributed by atoms with Crippen molar-refractivity contribution in [1.82, 2.24) is 0 Å². The molecule has 0 amide bonds. The van der Waals surface area contributed by atoms with Gasteiger partial charge in [0.15, 0.2) is 11.5 Å². The third kappa shape index (κ3) is 1.91. The average Bonchev–Trinajstić information content (AvgIpc) is 3.10. The van der Waals surface area contributed by atoms with Gasteiger partial charge in [0.2, 0.25) is 5.82 Å². The lowest BCUT2D eigenvalue weighted by atomic mass is 9.94. The second-order valence-electron chi connectivity index (χ2n) is 4.27. The summed E-state index contributed by atoms with van der Waals surface area (Å²) < 4.78 is 24.9. The molecule has 0 saturated heterocycles. The second kappa shape index (κ2) is 4.46. The molecule has 0 atom stereocenters. The Kier molecular flexibility index (Phi) is 3.32. The summed E-state index contributed by atoms with van der Waals surface area (Å²) in [5.41, 5.74) is 6.47. The highest BCUT2D eigenvalue weighted by Crippen LogP contribution is 2.53. The summed E-state index contributed by atoms with van der Waals surface area (Å²) in [4.78, 5) is 0. The Balaban J connectivity index is 2.60. The van der Waals surface area contributed by atoms with Crippen LogP contribution in [-0.2, 0) is 5.41 Å². The third-order valence-corrected chi connectivity index (χ3v) is 3.94. The third-order valence-electron chi connectivity index (χ3n) is 3.36. The molecule has 1 aliphatic carbocycles. The standard InChI is InChI=1S/C12H15BrFNO2/c1-16-10-7(12(6-15)3-4-12)5-8(13)11(17-2)9(10)14/h5H,3-4,6,15H2,1-2H3. The fourth-order valence-electron chi connectivity index (χ4n) is 2.10. The van der Waals surface area contributed by atoms with E-state index in [1.54, 1.807) is 0 Å². The molecule has 1 aromatic rings. The highest BCUT2D eigenvalue weighted by molar-refractivity contribution is 9.10. The van der Waals surface area contributed by atoms with Gasteiger partial charge < -0.3 is 15.2 Å². The van der Waals surface area contributed by atoms with Crippen LogP contribution >= 0.6 is 15.9 Å². The summed E-state index contributed by atoms with van der Waals surface area (Å²) in [5, 5.41) is 0. The molecule has 2 rings (SSSR count). The summed E-state index contributed by atoms with van der Waals surface area (Å²) in [6, 6.07) is 1.85. The number of halogens is 2. The summed E-state index contributed by atoms with van der Waals surface area (Å²) in [6.45, 7) is 0.502. The van der Waals surface area contributed by atoms with Gasteiger partial charge in [0, 0.05) is 17.5 Å². The SMILES string of the molecule is COc1c(Br)cc(C2(CN)CC2)c(OC)c1F. The van der Waals surface area contributed by atoms with Gasteiger partial charge in [-0.1, -0.05) is 0 Å². The van der Waals surface area contributed by atoms with Gasteiger partial charge in [0.05, 0.1) is 18.7 Å². The molecule has 2 N–H and O–H groups in total. The van der Waals surface area contributed by atoms with Crippen LogP contribution in [0.1, 0.15) is 18.4 Å². The van der Waals surface area contributed by atoms with Crippen LogP contribution in [0.25, 0.3) is 0 Å². The molecule has 0 bridgehead atoms. The number of rotatable bonds is 4. The van der Waals surface area contributed by atoms with Crippen molar-refractivity contribution in [3.05, 3.63) is 21.9 Å². The van der Waals surface area contributed by atoms with Crippen LogP contribution in [-0.4, -0.2) is 20.8 Å². The number of ether oxygens (including phenoxy) is 2. The van der Waals surface area contributed by atoms with Gasteiger partial charge in [-0.25, -0.2) is 0 Å². The fourth-order valence-corrected chi connectivity index (χ4v) is 2.66. The molecule has 17 heavy (non-hydrogen) atoms. The van der Waals surface area contributed by atoms with Crippen LogP contribution in [0.4, 0.5) is 4.39 Å². The lowest BCUT2D eigenvalue weighted by Crippen LogP contribution is -2.21. The van der Waals surface area contributed by atoms with E-state index < -0.39 is 5.82 Å². The molecule has 0 aliphatic heterocycles. The maximum atomic E-state index is 14.2. The molecular formula is C12H15BrFNO2. The van der Waals surface area contributed by atoms with Crippen molar-refractivity contribution < 1.29 is 13.9 Å². The molecule has 1 saturated carbocycles. The smallest absolute Gasteiger partial charge is 0.208 e. The summed E-state index contributed by atoms with van der Waals surface area (Å²) in [7, 11) is 2.89. The van der Waals surface area contributed by atoms with Crippen LogP contribution in [0.15, 0.2) is 10.5 Å². The van der Waals surface area contributed by atoms with E-state index in [0.717, 1.165) is 18.4 Å². The van der Waals surface area contributed by atoms with E-state index in [0.29, 0.717) is 11.0 Å². The Labute approximate surface area is 108 Å². The molecular weight excluding hydrogens is 289 g/mol. The van der Waals surface area contributed by atoms with Gasteiger partial charge in [-0.15, -0.1) is 0 Å². The van der Waals surface area contributed by atoms with E-state index in [2.05, 4.69) is 15.9 Å². The Morgan fingerprint density at radius 1 is 1.35 bits per heavy atom. The van der Waals surface area contributed by atoms with E-state index in [9.17, 15) is 4.39 Å². The lowest BCUT2D eigenvalue weighted by molar-refractivity contribution is 0.342. The average molecular weight is 304 g/mol. The van der Waals surface area contributed by atoms with Gasteiger partial charge in [0.1, 0.15) is 0 Å². The van der Waals surface area contributed by atoms with E-state index in [1.165, 1.54) is 14.2 Å². The highest BCUT2D eigenvalue weighted by Gasteiger charge is 2.46. The van der Waals surface area contributed by atoms with Crippen LogP contribution in [0.3, 0.4) is 0 Å². The number of hydrogen-bond acceptors (Lipinski definition) is 3. The molecule has 0 radical (unpaired) electrons. The van der Waals surface area contributed by atoms with Crippen molar-refractivity contribution in [2.45, 2.75) is 18.3 Å². The minimum absolute atomic E-state index is 0.124. The first-order chi connectivity index (χ1) is 8.09. The predicted molar refractivity (Wildman–Crippen MR) is 67.2 cm³/mol. The largest absolute Gasteiger partial charge is 0.493 e. The zero-order valence-corrected chi connectivity index (χ0v) is 11.4. The molecule has 3 nitrogen and oxygen atoms in total. The number of benzene rings is 1. The molecule has 1 aliphatic rings. The number of nitrogens with two attached hydrogens (primary N) is 1. The number of hydrogen-bond donors (Lipinski definition) is 1. The van der Waals surface area contributed by atoms with E-state index >= 15 is 0 Å². The van der Waals surface area contributed by atoms with Crippen molar-refractivity contribution in [2.24, 2.45) is 5.73 Å². The first-order valence-corrected chi connectivity index (χ1v) is 6.19. The Bertz CT molecular complexity index is 447. The minimum Gasteiger partial charge on any atom is -0.493 e. The number of methoxy groups -OCH3 is 2. The van der Waals surface area contributed by atoms with Crippen molar-refractivity contribution >= 4 is 15.9 Å². The van der Waals surface area contributed by atoms with Crippen molar-refractivity contribution in [3.8, 4) is 11.5 Å². The Morgan fingerprint density at radius 3 is 2.35 bits per heavy atom. The zero-order valence-electron chi connectivity index (χ0n) is 9.85. The molecule has 0 spiro atoms. The van der Waals surface area contributed by atoms with Crippen LogP contribution in [0.5, 0.6) is 11.5 Å². The Morgan fingerprint density at radius 2 is 1.94 bits per heavy atom. The Hall–Kier alpha value is -0.810. The quantitative estimate of drug-likeness (QED) is 0.930. The van der Waals surface area contributed by atoms with Crippen LogP contribution in [0.2, 0.25) is 0 Å². The fraction of sp³-hybridized carbons (Fsp3) is 0.500. The van der Waals surface area contributed by atoms with Crippen molar-refractivity contribution in [3.63, 3.8) is 0 Å². The van der Waals surface area contributed by atoms with Crippen molar-refractivity contribution in [1.29, 1.82) is 0 Å². The van der Waals surface area contributed by atoms with E-state index in [4.69, 9.17) is 15.2 Å².